The number of aromatic nitrogens is 2. The van der Waals surface area contributed by atoms with Crippen molar-refractivity contribution in [3.63, 3.8) is 0 Å². The third kappa shape index (κ3) is 3.72. The minimum Gasteiger partial charge on any atom is -0.370 e. The number of nitriles is 1. The number of rotatable bonds is 5. The number of hydrogen-bond acceptors (Lipinski definition) is 4. The van der Waals surface area contributed by atoms with Gasteiger partial charge in [0.1, 0.15) is 11.9 Å². The zero-order chi connectivity index (χ0) is 16.1. The molecule has 5 nitrogen and oxygen atoms in total. The topological polar surface area (TPSA) is 67.7 Å². The highest BCUT2D eigenvalue weighted by atomic mass is 15.1. The molecule has 2 heterocycles. The number of piperidine rings is 1. The SMILES string of the molecule is CC(NCC1CCN(c2ccccc2C#N)CC1)c1ncc[nH]1. The first-order chi connectivity index (χ1) is 11.3. The van der Waals surface area contributed by atoms with Gasteiger partial charge >= 0.3 is 0 Å². The van der Waals surface area contributed by atoms with Crippen LogP contribution in [0.1, 0.15) is 37.2 Å². The van der Waals surface area contributed by atoms with Gasteiger partial charge in [-0.25, -0.2) is 4.98 Å². The van der Waals surface area contributed by atoms with Gasteiger partial charge in [-0.05, 0) is 44.4 Å². The largest absolute Gasteiger partial charge is 0.370 e. The van der Waals surface area contributed by atoms with Crippen LogP contribution in [0.15, 0.2) is 36.7 Å². The van der Waals surface area contributed by atoms with Crippen LogP contribution in [-0.2, 0) is 0 Å². The summed E-state index contributed by atoms with van der Waals surface area (Å²) in [6.07, 6.45) is 5.95. The fourth-order valence-corrected chi connectivity index (χ4v) is 3.18. The van der Waals surface area contributed by atoms with Gasteiger partial charge in [-0.3, -0.25) is 0 Å². The molecule has 1 aromatic heterocycles. The maximum absolute atomic E-state index is 9.24. The van der Waals surface area contributed by atoms with Crippen LogP contribution in [0.5, 0.6) is 0 Å². The van der Waals surface area contributed by atoms with Gasteiger partial charge in [0.05, 0.1) is 17.3 Å². The Bertz CT molecular complexity index is 650. The van der Waals surface area contributed by atoms with Gasteiger partial charge in [0, 0.05) is 25.5 Å². The summed E-state index contributed by atoms with van der Waals surface area (Å²) in [6, 6.07) is 10.4. The third-order valence-corrected chi connectivity index (χ3v) is 4.62. The Morgan fingerprint density at radius 1 is 1.39 bits per heavy atom. The highest BCUT2D eigenvalue weighted by Gasteiger charge is 2.21. The van der Waals surface area contributed by atoms with Crippen LogP contribution in [0.25, 0.3) is 0 Å². The zero-order valence-corrected chi connectivity index (χ0v) is 13.5. The number of aromatic amines is 1. The smallest absolute Gasteiger partial charge is 0.122 e. The number of hydrogen-bond donors (Lipinski definition) is 2. The molecule has 1 aromatic carbocycles. The molecule has 0 aliphatic carbocycles. The first-order valence-corrected chi connectivity index (χ1v) is 8.24. The molecule has 0 bridgehead atoms. The van der Waals surface area contributed by atoms with Crippen molar-refractivity contribution >= 4 is 5.69 Å². The minimum absolute atomic E-state index is 0.252. The lowest BCUT2D eigenvalue weighted by Gasteiger charge is -2.34. The van der Waals surface area contributed by atoms with E-state index < -0.39 is 0 Å². The van der Waals surface area contributed by atoms with E-state index in [1.165, 1.54) is 0 Å². The molecule has 2 N–H and O–H groups in total. The van der Waals surface area contributed by atoms with E-state index in [0.717, 1.165) is 49.6 Å². The molecular weight excluding hydrogens is 286 g/mol. The predicted molar refractivity (Wildman–Crippen MR) is 91.1 cm³/mol. The number of nitrogens with one attached hydrogen (secondary N) is 2. The highest BCUT2D eigenvalue weighted by Crippen LogP contribution is 2.26. The molecule has 1 aliphatic rings. The monoisotopic (exact) mass is 309 g/mol. The summed E-state index contributed by atoms with van der Waals surface area (Å²) in [5, 5.41) is 12.8. The second-order valence-electron chi connectivity index (χ2n) is 6.16. The van der Waals surface area contributed by atoms with Crippen molar-refractivity contribution < 1.29 is 0 Å². The van der Waals surface area contributed by atoms with Crippen LogP contribution in [0.2, 0.25) is 0 Å². The lowest BCUT2D eigenvalue weighted by molar-refractivity contribution is 0.364. The number of para-hydroxylation sites is 1. The second kappa shape index (κ2) is 7.30. The molecule has 1 saturated heterocycles. The molecule has 3 rings (SSSR count). The summed E-state index contributed by atoms with van der Waals surface area (Å²) in [4.78, 5) is 9.79. The molecule has 1 unspecified atom stereocenters. The van der Waals surface area contributed by atoms with Gasteiger partial charge in [-0.1, -0.05) is 12.1 Å². The maximum atomic E-state index is 9.24. The van der Waals surface area contributed by atoms with E-state index in [1.807, 2.05) is 24.4 Å². The fraction of sp³-hybridized carbons (Fsp3) is 0.444. The van der Waals surface area contributed by atoms with E-state index in [-0.39, 0.29) is 6.04 Å². The van der Waals surface area contributed by atoms with Gasteiger partial charge in [0.2, 0.25) is 0 Å². The second-order valence-corrected chi connectivity index (χ2v) is 6.16. The van der Waals surface area contributed by atoms with Gasteiger partial charge in [0.15, 0.2) is 0 Å². The Hall–Kier alpha value is -2.32. The van der Waals surface area contributed by atoms with E-state index >= 15 is 0 Å². The van der Waals surface area contributed by atoms with Crippen LogP contribution < -0.4 is 10.2 Å². The Morgan fingerprint density at radius 2 is 2.17 bits per heavy atom. The summed E-state index contributed by atoms with van der Waals surface area (Å²) >= 11 is 0. The predicted octanol–water partition coefficient (Wildman–Crippen LogP) is 2.85. The standard InChI is InChI=1S/C18H23N5/c1-14(18-20-8-9-21-18)22-13-15-6-10-23(11-7-15)17-5-3-2-4-16(17)12-19/h2-5,8-9,14-15,22H,6-7,10-11,13H2,1H3,(H,20,21). The molecule has 1 aliphatic heterocycles. The molecule has 0 saturated carbocycles. The van der Waals surface area contributed by atoms with Crippen molar-refractivity contribution in [1.29, 1.82) is 5.26 Å². The highest BCUT2D eigenvalue weighted by molar-refractivity contribution is 5.59. The molecule has 0 amide bonds. The third-order valence-electron chi connectivity index (χ3n) is 4.62. The number of anilines is 1. The zero-order valence-electron chi connectivity index (χ0n) is 13.5. The molecule has 23 heavy (non-hydrogen) atoms. The Labute approximate surface area is 137 Å². The number of H-pyrrole nitrogens is 1. The summed E-state index contributed by atoms with van der Waals surface area (Å²) in [6.45, 7) is 5.17. The first kappa shape index (κ1) is 15.6. The summed E-state index contributed by atoms with van der Waals surface area (Å²) in [5.74, 6) is 1.67. The first-order valence-electron chi connectivity index (χ1n) is 8.24. The molecular formula is C18H23N5. The summed E-state index contributed by atoms with van der Waals surface area (Å²) in [7, 11) is 0. The van der Waals surface area contributed by atoms with Crippen LogP contribution in [0.3, 0.4) is 0 Å². The number of benzene rings is 1. The van der Waals surface area contributed by atoms with E-state index in [1.54, 1.807) is 6.20 Å². The Balaban J connectivity index is 1.50. The van der Waals surface area contributed by atoms with Gasteiger partial charge < -0.3 is 15.2 Å². The van der Waals surface area contributed by atoms with Crippen LogP contribution in [0, 0.1) is 17.2 Å². The molecule has 0 radical (unpaired) electrons. The van der Waals surface area contributed by atoms with Crippen molar-refractivity contribution in [1.82, 2.24) is 15.3 Å². The molecule has 5 heteroatoms. The van der Waals surface area contributed by atoms with Crippen molar-refractivity contribution in [2.45, 2.75) is 25.8 Å². The summed E-state index contributed by atoms with van der Waals surface area (Å²) < 4.78 is 0. The quantitative estimate of drug-likeness (QED) is 0.891. The van der Waals surface area contributed by atoms with E-state index in [2.05, 4.69) is 39.2 Å². The lowest BCUT2D eigenvalue weighted by Crippen LogP contribution is -2.38. The van der Waals surface area contributed by atoms with Crippen molar-refractivity contribution in [2.24, 2.45) is 5.92 Å². The average molecular weight is 309 g/mol. The van der Waals surface area contributed by atoms with Crippen molar-refractivity contribution in [3.8, 4) is 6.07 Å². The Kier molecular flexibility index (Phi) is 4.94. The summed E-state index contributed by atoms with van der Waals surface area (Å²) in [5.41, 5.74) is 1.85. The van der Waals surface area contributed by atoms with Gasteiger partial charge in [-0.2, -0.15) is 5.26 Å². The van der Waals surface area contributed by atoms with Crippen molar-refractivity contribution in [3.05, 3.63) is 48.0 Å². The number of nitrogens with zero attached hydrogens (tertiary/aromatic N) is 3. The Morgan fingerprint density at radius 3 is 2.87 bits per heavy atom. The van der Waals surface area contributed by atoms with Crippen LogP contribution in [0.4, 0.5) is 5.69 Å². The molecule has 0 spiro atoms. The average Bonchev–Trinajstić information content (AvgIpc) is 3.15. The minimum atomic E-state index is 0.252. The normalized spacial score (nSPS) is 17.0. The van der Waals surface area contributed by atoms with E-state index in [0.29, 0.717) is 5.92 Å². The molecule has 1 fully saturated rings. The van der Waals surface area contributed by atoms with Gasteiger partial charge in [-0.15, -0.1) is 0 Å². The molecule has 120 valence electrons. The van der Waals surface area contributed by atoms with Crippen LogP contribution >= 0.6 is 0 Å². The fourth-order valence-electron chi connectivity index (χ4n) is 3.18. The van der Waals surface area contributed by atoms with Gasteiger partial charge in [0.25, 0.3) is 0 Å². The molecule has 2 aromatic rings. The maximum Gasteiger partial charge on any atom is 0.122 e. The number of imidazole rings is 1. The van der Waals surface area contributed by atoms with Crippen LogP contribution in [-0.4, -0.2) is 29.6 Å². The van der Waals surface area contributed by atoms with Crippen molar-refractivity contribution in [2.75, 3.05) is 24.5 Å². The lowest BCUT2D eigenvalue weighted by atomic mass is 9.95. The molecule has 1 atom stereocenters. The van der Waals surface area contributed by atoms with E-state index in [9.17, 15) is 5.26 Å². The van der Waals surface area contributed by atoms with E-state index in [4.69, 9.17) is 0 Å².